The number of alkyl halides is 1. The van der Waals surface area contributed by atoms with Crippen LogP contribution in [0.2, 0.25) is 0 Å². The molecule has 1 aromatic carbocycles. The Morgan fingerprint density at radius 1 is 1.52 bits per heavy atom. The quantitative estimate of drug-likeness (QED) is 0.833. The average Bonchev–Trinajstić information content (AvgIpc) is 2.77. The number of aromatic nitrogens is 2. The molecular weight excluding hydrogens is 292 g/mol. The van der Waals surface area contributed by atoms with Crippen molar-refractivity contribution in [2.75, 3.05) is 6.61 Å². The highest BCUT2D eigenvalue weighted by atomic mass is 35.5. The van der Waals surface area contributed by atoms with Gasteiger partial charge in [-0.3, -0.25) is 4.79 Å². The molecule has 1 saturated heterocycles. The number of carbonyl (C=O) groups is 1. The Kier molecular flexibility index (Phi) is 4.12. The molecule has 0 spiro atoms. The van der Waals surface area contributed by atoms with Crippen molar-refractivity contribution in [2.45, 2.75) is 37.8 Å². The monoisotopic (exact) mass is 308 g/mol. The van der Waals surface area contributed by atoms with E-state index >= 15 is 0 Å². The molecule has 1 atom stereocenters. The largest absolute Gasteiger partial charge is 0.481 e. The number of imidazole rings is 1. The number of fused-ring (bicyclic) bond motifs is 1. The Morgan fingerprint density at radius 2 is 2.33 bits per heavy atom. The SMILES string of the molecule is O=C(O)CCc1ccc2c(c1)nc(CCl)n2CC1CCO1. The molecule has 1 N–H and O–H groups in total. The van der Waals surface area contributed by atoms with Crippen molar-refractivity contribution < 1.29 is 14.6 Å². The van der Waals surface area contributed by atoms with Crippen molar-refractivity contribution in [3.05, 3.63) is 29.6 Å². The third-order valence-corrected chi connectivity index (χ3v) is 4.06. The van der Waals surface area contributed by atoms with E-state index < -0.39 is 5.97 Å². The first kappa shape index (κ1) is 14.4. The summed E-state index contributed by atoms with van der Waals surface area (Å²) in [6.45, 7) is 1.60. The van der Waals surface area contributed by atoms with E-state index in [0.717, 1.165) is 42.0 Å². The molecule has 1 fully saturated rings. The topological polar surface area (TPSA) is 64.3 Å². The van der Waals surface area contributed by atoms with Crippen LogP contribution in [-0.2, 0) is 28.4 Å². The van der Waals surface area contributed by atoms with Crippen LogP contribution >= 0.6 is 11.6 Å². The number of hydrogen-bond acceptors (Lipinski definition) is 3. The van der Waals surface area contributed by atoms with Gasteiger partial charge >= 0.3 is 5.97 Å². The van der Waals surface area contributed by atoms with Gasteiger partial charge in [-0.2, -0.15) is 0 Å². The van der Waals surface area contributed by atoms with Crippen molar-refractivity contribution in [1.82, 2.24) is 9.55 Å². The van der Waals surface area contributed by atoms with Gasteiger partial charge in [0.2, 0.25) is 0 Å². The second kappa shape index (κ2) is 6.03. The minimum absolute atomic E-state index is 0.129. The van der Waals surface area contributed by atoms with Crippen LogP contribution in [0.15, 0.2) is 18.2 Å². The molecule has 1 aromatic heterocycles. The highest BCUT2D eigenvalue weighted by Gasteiger charge is 2.21. The molecule has 1 aliphatic heterocycles. The number of aliphatic carboxylic acids is 1. The Balaban J connectivity index is 1.89. The third-order valence-electron chi connectivity index (χ3n) is 3.82. The van der Waals surface area contributed by atoms with E-state index in [4.69, 9.17) is 21.4 Å². The van der Waals surface area contributed by atoms with Crippen LogP contribution in [0, 0.1) is 0 Å². The minimum Gasteiger partial charge on any atom is -0.481 e. The predicted octanol–water partition coefficient (Wildman–Crippen LogP) is 2.58. The summed E-state index contributed by atoms with van der Waals surface area (Å²) in [6, 6.07) is 5.91. The summed E-state index contributed by atoms with van der Waals surface area (Å²) in [5.74, 6) is 0.396. The Bertz CT molecular complexity index is 664. The highest BCUT2D eigenvalue weighted by Crippen LogP contribution is 2.23. The van der Waals surface area contributed by atoms with Gasteiger partial charge in [0, 0.05) is 13.0 Å². The van der Waals surface area contributed by atoms with Crippen LogP contribution in [-0.4, -0.2) is 33.3 Å². The standard InChI is InChI=1S/C15H17ClN2O3/c16-8-14-17-12-7-10(2-4-15(19)20)1-3-13(12)18(14)9-11-5-6-21-11/h1,3,7,11H,2,4-6,8-9H2,(H,19,20). The summed E-state index contributed by atoms with van der Waals surface area (Å²) < 4.78 is 7.59. The fourth-order valence-electron chi connectivity index (χ4n) is 2.57. The smallest absolute Gasteiger partial charge is 0.303 e. The molecule has 112 valence electrons. The zero-order chi connectivity index (χ0) is 14.8. The van der Waals surface area contributed by atoms with Gasteiger partial charge in [-0.1, -0.05) is 6.07 Å². The molecule has 2 aromatic rings. The molecule has 0 aliphatic carbocycles. The first-order valence-electron chi connectivity index (χ1n) is 7.05. The normalized spacial score (nSPS) is 17.9. The van der Waals surface area contributed by atoms with Gasteiger partial charge in [0.15, 0.2) is 0 Å². The van der Waals surface area contributed by atoms with Gasteiger partial charge in [-0.05, 0) is 30.5 Å². The molecular formula is C15H17ClN2O3. The van der Waals surface area contributed by atoms with E-state index in [0.29, 0.717) is 12.3 Å². The van der Waals surface area contributed by atoms with Gasteiger partial charge in [0.1, 0.15) is 5.82 Å². The summed E-state index contributed by atoms with van der Waals surface area (Å²) in [4.78, 5) is 15.2. The van der Waals surface area contributed by atoms with E-state index in [1.165, 1.54) is 0 Å². The summed E-state index contributed by atoms with van der Waals surface area (Å²) in [5.41, 5.74) is 2.88. The predicted molar refractivity (Wildman–Crippen MR) is 79.6 cm³/mol. The molecule has 3 rings (SSSR count). The first-order chi connectivity index (χ1) is 10.2. The zero-order valence-corrected chi connectivity index (χ0v) is 12.3. The molecule has 6 heteroatoms. The lowest BCUT2D eigenvalue weighted by Crippen LogP contribution is -2.31. The van der Waals surface area contributed by atoms with Crippen molar-refractivity contribution in [1.29, 1.82) is 0 Å². The lowest BCUT2D eigenvalue weighted by molar-refractivity contribution is -0.136. The van der Waals surface area contributed by atoms with E-state index in [1.54, 1.807) is 0 Å². The van der Waals surface area contributed by atoms with Crippen molar-refractivity contribution in [2.24, 2.45) is 0 Å². The number of aryl methyl sites for hydroxylation is 1. The van der Waals surface area contributed by atoms with Crippen molar-refractivity contribution in [3.63, 3.8) is 0 Å². The van der Waals surface area contributed by atoms with E-state index in [1.807, 2.05) is 18.2 Å². The van der Waals surface area contributed by atoms with Crippen molar-refractivity contribution in [3.8, 4) is 0 Å². The maximum Gasteiger partial charge on any atom is 0.303 e. The molecule has 0 radical (unpaired) electrons. The summed E-state index contributed by atoms with van der Waals surface area (Å²) in [7, 11) is 0. The minimum atomic E-state index is -0.788. The zero-order valence-electron chi connectivity index (χ0n) is 11.6. The van der Waals surface area contributed by atoms with Crippen LogP contribution in [0.25, 0.3) is 11.0 Å². The molecule has 21 heavy (non-hydrogen) atoms. The second-order valence-corrected chi connectivity index (χ2v) is 5.54. The molecule has 0 amide bonds. The summed E-state index contributed by atoms with van der Waals surface area (Å²) in [6.07, 6.45) is 1.96. The Morgan fingerprint density at radius 3 is 2.95 bits per heavy atom. The average molecular weight is 309 g/mol. The molecule has 0 bridgehead atoms. The fraction of sp³-hybridized carbons (Fsp3) is 0.467. The van der Waals surface area contributed by atoms with Crippen LogP contribution in [0.4, 0.5) is 0 Å². The summed E-state index contributed by atoms with van der Waals surface area (Å²) in [5, 5.41) is 8.76. The van der Waals surface area contributed by atoms with Crippen LogP contribution in [0.3, 0.4) is 0 Å². The number of rotatable bonds is 6. The van der Waals surface area contributed by atoms with Gasteiger partial charge in [0.05, 0.1) is 29.6 Å². The van der Waals surface area contributed by atoms with E-state index in [-0.39, 0.29) is 12.5 Å². The maximum atomic E-state index is 10.7. The lowest BCUT2D eigenvalue weighted by Gasteiger charge is -2.27. The van der Waals surface area contributed by atoms with E-state index in [2.05, 4.69) is 9.55 Å². The molecule has 1 aliphatic rings. The number of hydrogen-bond donors (Lipinski definition) is 1. The fourth-order valence-corrected chi connectivity index (χ4v) is 2.77. The first-order valence-corrected chi connectivity index (χ1v) is 7.58. The highest BCUT2D eigenvalue weighted by molar-refractivity contribution is 6.16. The number of ether oxygens (including phenoxy) is 1. The van der Waals surface area contributed by atoms with Crippen LogP contribution < -0.4 is 0 Å². The Hall–Kier alpha value is -1.59. The maximum absolute atomic E-state index is 10.7. The van der Waals surface area contributed by atoms with E-state index in [9.17, 15) is 4.79 Å². The molecule has 2 heterocycles. The Labute approximate surface area is 127 Å². The van der Waals surface area contributed by atoms with Gasteiger partial charge in [-0.25, -0.2) is 4.98 Å². The summed E-state index contributed by atoms with van der Waals surface area (Å²) >= 11 is 5.99. The van der Waals surface area contributed by atoms with Crippen molar-refractivity contribution >= 4 is 28.6 Å². The molecule has 5 nitrogen and oxygen atoms in total. The van der Waals surface area contributed by atoms with Gasteiger partial charge in [0.25, 0.3) is 0 Å². The van der Waals surface area contributed by atoms with Gasteiger partial charge in [-0.15, -0.1) is 11.6 Å². The van der Waals surface area contributed by atoms with Gasteiger partial charge < -0.3 is 14.4 Å². The number of carboxylic acids is 1. The third kappa shape index (κ3) is 3.04. The second-order valence-electron chi connectivity index (χ2n) is 5.27. The number of nitrogens with zero attached hydrogens (tertiary/aromatic N) is 2. The number of halogens is 1. The molecule has 0 saturated carbocycles. The van der Waals surface area contributed by atoms with Crippen LogP contribution in [0.1, 0.15) is 24.2 Å². The number of benzene rings is 1. The van der Waals surface area contributed by atoms with Crippen LogP contribution in [0.5, 0.6) is 0 Å². The lowest BCUT2D eigenvalue weighted by atomic mass is 10.1. The molecule has 1 unspecified atom stereocenters. The number of carboxylic acid groups (broad SMARTS) is 1.